The number of hydrogen-bond donors (Lipinski definition) is 1. The van der Waals surface area contributed by atoms with E-state index in [1.54, 1.807) is 0 Å². The Morgan fingerprint density at radius 3 is 2.19 bits per heavy atom. The smallest absolute Gasteiger partial charge is 0.233 e. The molecule has 0 saturated carbocycles. The minimum Gasteiger partial charge on any atom is -0.381 e. The number of nitrogens with zero attached hydrogens (tertiary/aromatic N) is 1. The van der Waals surface area contributed by atoms with Crippen molar-refractivity contribution in [2.24, 2.45) is 5.73 Å². The van der Waals surface area contributed by atoms with Crippen LogP contribution in [0.2, 0.25) is 0 Å². The summed E-state index contributed by atoms with van der Waals surface area (Å²) in [4.78, 5) is 15.6. The van der Waals surface area contributed by atoms with Gasteiger partial charge in [-0.05, 0) is 24.0 Å². The fraction of sp³-hybridized carbons (Fsp3) is 0.409. The first-order chi connectivity index (χ1) is 12.7. The molecule has 2 aliphatic heterocycles. The first-order valence-corrected chi connectivity index (χ1v) is 9.44. The molecule has 0 spiro atoms. The van der Waals surface area contributed by atoms with E-state index in [-0.39, 0.29) is 30.3 Å². The van der Waals surface area contributed by atoms with Crippen molar-refractivity contribution >= 4 is 18.3 Å². The number of benzene rings is 2. The van der Waals surface area contributed by atoms with Crippen LogP contribution in [0, 0.1) is 0 Å². The van der Waals surface area contributed by atoms with Gasteiger partial charge in [-0.25, -0.2) is 0 Å². The van der Waals surface area contributed by atoms with Gasteiger partial charge in [-0.1, -0.05) is 60.7 Å². The molecule has 27 heavy (non-hydrogen) atoms. The van der Waals surface area contributed by atoms with Crippen LogP contribution >= 0.6 is 12.4 Å². The summed E-state index contributed by atoms with van der Waals surface area (Å²) >= 11 is 0. The fourth-order valence-corrected chi connectivity index (χ4v) is 4.45. The minimum atomic E-state index is -0.481. The van der Waals surface area contributed by atoms with E-state index in [0.717, 1.165) is 18.4 Å². The standard InChI is InChI=1S/C22H26N2O2.ClH/c23-20-16-24(15-19(20)17-7-3-1-4-8-17)21(25)22(11-13-26-14-12-22)18-9-5-2-6-10-18;/h1-10,19-20H,11-16,23H2;1H/t19-,20+;/m0./s1. The van der Waals surface area contributed by atoms with Crippen LogP contribution < -0.4 is 5.73 Å². The van der Waals surface area contributed by atoms with Gasteiger partial charge < -0.3 is 15.4 Å². The van der Waals surface area contributed by atoms with Gasteiger partial charge in [-0.15, -0.1) is 12.4 Å². The number of carbonyl (C=O) groups excluding carboxylic acids is 1. The second-order valence-electron chi connectivity index (χ2n) is 7.45. The summed E-state index contributed by atoms with van der Waals surface area (Å²) in [7, 11) is 0. The molecule has 0 bridgehead atoms. The van der Waals surface area contributed by atoms with Gasteiger partial charge in [0.25, 0.3) is 0 Å². The molecule has 144 valence electrons. The summed E-state index contributed by atoms with van der Waals surface area (Å²) in [5, 5.41) is 0. The first kappa shape index (κ1) is 19.9. The lowest BCUT2D eigenvalue weighted by Gasteiger charge is -2.39. The Balaban J connectivity index is 0.00000210. The molecule has 0 aliphatic carbocycles. The lowest BCUT2D eigenvalue weighted by atomic mass is 9.73. The Kier molecular flexibility index (Phi) is 6.20. The number of amides is 1. The van der Waals surface area contributed by atoms with Gasteiger partial charge in [0.05, 0.1) is 5.41 Å². The minimum absolute atomic E-state index is 0. The molecule has 2 saturated heterocycles. The van der Waals surface area contributed by atoms with Crippen LogP contribution in [0.4, 0.5) is 0 Å². The van der Waals surface area contributed by atoms with Crippen molar-refractivity contribution < 1.29 is 9.53 Å². The molecule has 2 aromatic rings. The van der Waals surface area contributed by atoms with E-state index in [9.17, 15) is 4.79 Å². The lowest BCUT2D eigenvalue weighted by Crippen LogP contribution is -2.49. The molecule has 0 aromatic heterocycles. The highest BCUT2D eigenvalue weighted by Crippen LogP contribution is 2.39. The molecule has 0 unspecified atom stereocenters. The van der Waals surface area contributed by atoms with E-state index in [1.807, 2.05) is 41.3 Å². The quantitative estimate of drug-likeness (QED) is 0.881. The number of nitrogens with two attached hydrogens (primary N) is 1. The number of ether oxygens (including phenoxy) is 1. The van der Waals surface area contributed by atoms with Crippen LogP contribution in [-0.2, 0) is 14.9 Å². The summed E-state index contributed by atoms with van der Waals surface area (Å²) in [5.41, 5.74) is 8.27. The average Bonchev–Trinajstić information content (AvgIpc) is 3.11. The topological polar surface area (TPSA) is 55.6 Å². The molecule has 2 atom stereocenters. The van der Waals surface area contributed by atoms with Crippen molar-refractivity contribution in [1.29, 1.82) is 0 Å². The average molecular weight is 387 g/mol. The molecule has 1 amide bonds. The zero-order valence-electron chi connectivity index (χ0n) is 15.4. The fourth-order valence-electron chi connectivity index (χ4n) is 4.45. The van der Waals surface area contributed by atoms with E-state index in [0.29, 0.717) is 26.3 Å². The van der Waals surface area contributed by atoms with Gasteiger partial charge >= 0.3 is 0 Å². The van der Waals surface area contributed by atoms with Crippen molar-refractivity contribution in [2.45, 2.75) is 30.2 Å². The van der Waals surface area contributed by atoms with Gasteiger partial charge in [-0.2, -0.15) is 0 Å². The maximum atomic E-state index is 13.7. The molecule has 2 aliphatic rings. The molecule has 2 N–H and O–H groups in total. The summed E-state index contributed by atoms with van der Waals surface area (Å²) in [6.45, 7) is 2.57. The molecular formula is C22H27ClN2O2. The summed E-state index contributed by atoms with van der Waals surface area (Å²) in [5.74, 6) is 0.411. The van der Waals surface area contributed by atoms with Gasteiger partial charge in [0, 0.05) is 38.3 Å². The number of rotatable bonds is 3. The van der Waals surface area contributed by atoms with Gasteiger partial charge in [0.2, 0.25) is 5.91 Å². The second-order valence-corrected chi connectivity index (χ2v) is 7.45. The molecule has 2 fully saturated rings. The summed E-state index contributed by atoms with van der Waals surface area (Å²) in [6.07, 6.45) is 1.47. The first-order valence-electron chi connectivity index (χ1n) is 9.44. The van der Waals surface area contributed by atoms with Crippen molar-refractivity contribution in [3.63, 3.8) is 0 Å². The maximum Gasteiger partial charge on any atom is 0.233 e. The Hall–Kier alpha value is -1.88. The van der Waals surface area contributed by atoms with Crippen LogP contribution in [0.25, 0.3) is 0 Å². The zero-order valence-corrected chi connectivity index (χ0v) is 16.2. The number of likely N-dealkylation sites (tertiary alicyclic amines) is 1. The normalized spacial score (nSPS) is 24.3. The Bertz CT molecular complexity index is 747. The van der Waals surface area contributed by atoms with Gasteiger partial charge in [-0.3, -0.25) is 4.79 Å². The largest absolute Gasteiger partial charge is 0.381 e. The molecule has 4 rings (SSSR count). The lowest BCUT2D eigenvalue weighted by molar-refractivity contribution is -0.140. The predicted molar refractivity (Wildman–Crippen MR) is 109 cm³/mol. The van der Waals surface area contributed by atoms with Crippen molar-refractivity contribution in [3.05, 3.63) is 71.8 Å². The monoisotopic (exact) mass is 386 g/mol. The molecule has 2 aromatic carbocycles. The Morgan fingerprint density at radius 2 is 1.56 bits per heavy atom. The van der Waals surface area contributed by atoms with Crippen LogP contribution in [-0.4, -0.2) is 43.2 Å². The van der Waals surface area contributed by atoms with Crippen LogP contribution in [0.5, 0.6) is 0 Å². The van der Waals surface area contributed by atoms with E-state index in [2.05, 4.69) is 24.3 Å². The van der Waals surface area contributed by atoms with Crippen LogP contribution in [0.1, 0.15) is 29.9 Å². The maximum absolute atomic E-state index is 13.7. The summed E-state index contributed by atoms with van der Waals surface area (Å²) in [6, 6.07) is 20.5. The SMILES string of the molecule is Cl.N[C@@H]1CN(C(=O)C2(c3ccccc3)CCOCC2)C[C@H]1c1ccccc1. The summed E-state index contributed by atoms with van der Waals surface area (Å²) < 4.78 is 5.58. The zero-order chi connectivity index (χ0) is 18.0. The van der Waals surface area contributed by atoms with Crippen LogP contribution in [0.3, 0.4) is 0 Å². The highest BCUT2D eigenvalue weighted by atomic mass is 35.5. The third-order valence-corrected chi connectivity index (χ3v) is 5.96. The number of carbonyl (C=O) groups is 1. The number of hydrogen-bond acceptors (Lipinski definition) is 3. The third-order valence-electron chi connectivity index (χ3n) is 5.96. The van der Waals surface area contributed by atoms with Gasteiger partial charge in [0.15, 0.2) is 0 Å². The van der Waals surface area contributed by atoms with Gasteiger partial charge in [0.1, 0.15) is 0 Å². The highest BCUT2D eigenvalue weighted by Gasteiger charge is 2.46. The molecule has 4 nitrogen and oxygen atoms in total. The van der Waals surface area contributed by atoms with Crippen molar-refractivity contribution in [3.8, 4) is 0 Å². The second kappa shape index (κ2) is 8.42. The Labute approximate surface area is 167 Å². The van der Waals surface area contributed by atoms with E-state index in [1.165, 1.54) is 5.56 Å². The molecule has 0 radical (unpaired) electrons. The van der Waals surface area contributed by atoms with Crippen LogP contribution in [0.15, 0.2) is 60.7 Å². The highest BCUT2D eigenvalue weighted by molar-refractivity contribution is 5.89. The Morgan fingerprint density at radius 1 is 0.963 bits per heavy atom. The van der Waals surface area contributed by atoms with E-state index >= 15 is 0 Å². The third kappa shape index (κ3) is 3.75. The molecule has 2 heterocycles. The van der Waals surface area contributed by atoms with E-state index in [4.69, 9.17) is 10.5 Å². The number of halogens is 1. The van der Waals surface area contributed by atoms with Crippen molar-refractivity contribution in [1.82, 2.24) is 4.90 Å². The molecule has 5 heteroatoms. The molecular weight excluding hydrogens is 360 g/mol. The van der Waals surface area contributed by atoms with E-state index < -0.39 is 5.41 Å². The van der Waals surface area contributed by atoms with Crippen molar-refractivity contribution in [2.75, 3.05) is 26.3 Å². The predicted octanol–water partition coefficient (Wildman–Crippen LogP) is 3.11.